The fourth-order valence-electron chi connectivity index (χ4n) is 3.24. The maximum Gasteiger partial charge on any atom is 0.311 e. The fraction of sp³-hybridized carbons (Fsp3) is 0.0800. The summed E-state index contributed by atoms with van der Waals surface area (Å²) < 4.78 is 11.0. The van der Waals surface area contributed by atoms with Gasteiger partial charge in [0.05, 0.1) is 12.0 Å². The number of benzene rings is 3. The average Bonchev–Trinajstić information content (AvgIpc) is 2.83. The molecule has 0 amide bonds. The zero-order valence-corrected chi connectivity index (χ0v) is 17.4. The predicted octanol–water partition coefficient (Wildman–Crippen LogP) is 5.99. The van der Waals surface area contributed by atoms with E-state index in [1.165, 1.54) is 13.2 Å². The minimum absolute atomic E-state index is 0.0837. The fourth-order valence-corrected chi connectivity index (χ4v) is 3.24. The average molecular weight is 427 g/mol. The van der Waals surface area contributed by atoms with Gasteiger partial charge >= 0.3 is 5.69 Å². The van der Waals surface area contributed by atoms with Crippen molar-refractivity contribution in [3.05, 3.63) is 107 Å². The molecule has 160 valence electrons. The number of rotatable bonds is 8. The third kappa shape index (κ3) is 5.02. The maximum atomic E-state index is 11.3. The van der Waals surface area contributed by atoms with Crippen molar-refractivity contribution in [2.45, 2.75) is 6.61 Å². The Morgan fingerprint density at radius 2 is 1.75 bits per heavy atom. The van der Waals surface area contributed by atoms with E-state index in [9.17, 15) is 10.1 Å². The van der Waals surface area contributed by atoms with Crippen molar-refractivity contribution in [3.8, 4) is 22.6 Å². The highest BCUT2D eigenvalue weighted by molar-refractivity contribution is 5.72. The number of aromatic nitrogens is 1. The van der Waals surface area contributed by atoms with Crippen LogP contribution in [-0.2, 0) is 6.61 Å². The van der Waals surface area contributed by atoms with Crippen molar-refractivity contribution in [2.24, 2.45) is 0 Å². The number of nitrogens with zero attached hydrogens (tertiary/aromatic N) is 2. The lowest BCUT2D eigenvalue weighted by molar-refractivity contribution is -0.385. The molecule has 1 heterocycles. The van der Waals surface area contributed by atoms with Crippen LogP contribution in [0.5, 0.6) is 11.5 Å². The molecule has 1 aromatic heterocycles. The minimum atomic E-state index is -0.455. The lowest BCUT2D eigenvalue weighted by Crippen LogP contribution is -1.97. The van der Waals surface area contributed by atoms with Crippen LogP contribution in [0, 0.1) is 10.1 Å². The van der Waals surface area contributed by atoms with E-state index < -0.39 is 4.92 Å². The second-order valence-corrected chi connectivity index (χ2v) is 7.00. The second kappa shape index (κ2) is 9.61. The molecule has 1 N–H and O–H groups in total. The van der Waals surface area contributed by atoms with Crippen LogP contribution in [0.1, 0.15) is 5.56 Å². The molecular formula is C25H21N3O4. The first-order valence-corrected chi connectivity index (χ1v) is 9.95. The number of methoxy groups -OCH3 is 1. The quantitative estimate of drug-likeness (QED) is 0.275. The van der Waals surface area contributed by atoms with Gasteiger partial charge in [0, 0.05) is 24.0 Å². The maximum absolute atomic E-state index is 11.3. The molecule has 4 aromatic rings. The summed E-state index contributed by atoms with van der Waals surface area (Å²) in [4.78, 5) is 15.2. The van der Waals surface area contributed by atoms with Gasteiger partial charge in [-0.05, 0) is 47.0 Å². The minimum Gasteiger partial charge on any atom is -0.490 e. The molecule has 32 heavy (non-hydrogen) atoms. The van der Waals surface area contributed by atoms with Gasteiger partial charge in [-0.1, -0.05) is 42.5 Å². The largest absolute Gasteiger partial charge is 0.490 e. The molecule has 7 heteroatoms. The number of pyridine rings is 1. The number of nitro groups is 1. The Morgan fingerprint density at radius 3 is 2.53 bits per heavy atom. The Labute approximate surface area is 185 Å². The van der Waals surface area contributed by atoms with Crippen molar-refractivity contribution in [3.63, 3.8) is 0 Å². The van der Waals surface area contributed by atoms with Gasteiger partial charge in [0.1, 0.15) is 18.2 Å². The summed E-state index contributed by atoms with van der Waals surface area (Å²) in [6.45, 7) is 0.480. The summed E-state index contributed by atoms with van der Waals surface area (Å²) in [5, 5.41) is 14.6. The summed E-state index contributed by atoms with van der Waals surface area (Å²) in [5.74, 6) is 1.57. The van der Waals surface area contributed by atoms with E-state index >= 15 is 0 Å². The van der Waals surface area contributed by atoms with Gasteiger partial charge < -0.3 is 14.8 Å². The number of hydrogen-bond donors (Lipinski definition) is 1. The smallest absolute Gasteiger partial charge is 0.311 e. The van der Waals surface area contributed by atoms with Gasteiger partial charge in [-0.3, -0.25) is 10.1 Å². The molecule has 0 saturated carbocycles. The molecule has 0 spiro atoms. The van der Waals surface area contributed by atoms with Crippen molar-refractivity contribution in [1.82, 2.24) is 4.98 Å². The van der Waals surface area contributed by atoms with Crippen LogP contribution >= 0.6 is 0 Å². The normalized spacial score (nSPS) is 10.4. The van der Waals surface area contributed by atoms with Crippen molar-refractivity contribution < 1.29 is 14.4 Å². The Kier molecular flexibility index (Phi) is 6.27. The molecule has 0 radical (unpaired) electrons. The van der Waals surface area contributed by atoms with Crippen LogP contribution in [0.2, 0.25) is 0 Å². The van der Waals surface area contributed by atoms with Crippen LogP contribution in [-0.4, -0.2) is 17.0 Å². The molecule has 0 aliphatic heterocycles. The Balaban J connectivity index is 1.51. The molecule has 7 nitrogen and oxygen atoms in total. The summed E-state index contributed by atoms with van der Waals surface area (Å²) in [6, 6.07) is 26.1. The van der Waals surface area contributed by atoms with Gasteiger partial charge in [-0.15, -0.1) is 0 Å². The van der Waals surface area contributed by atoms with Crippen LogP contribution < -0.4 is 14.8 Å². The molecule has 4 rings (SSSR count). The zero-order chi connectivity index (χ0) is 22.3. The summed E-state index contributed by atoms with van der Waals surface area (Å²) in [7, 11) is 1.41. The van der Waals surface area contributed by atoms with E-state index in [1.54, 1.807) is 24.4 Å². The van der Waals surface area contributed by atoms with Crippen LogP contribution in [0.3, 0.4) is 0 Å². The molecule has 0 aliphatic rings. The first-order valence-electron chi connectivity index (χ1n) is 9.95. The van der Waals surface area contributed by atoms with Gasteiger partial charge in [-0.2, -0.15) is 0 Å². The zero-order valence-electron chi connectivity index (χ0n) is 17.4. The van der Waals surface area contributed by atoms with E-state index in [2.05, 4.69) is 10.3 Å². The van der Waals surface area contributed by atoms with Crippen molar-refractivity contribution >= 4 is 17.2 Å². The first kappa shape index (κ1) is 20.9. The van der Waals surface area contributed by atoms with Crippen molar-refractivity contribution in [1.29, 1.82) is 0 Å². The summed E-state index contributed by atoms with van der Waals surface area (Å²) in [6.07, 6.45) is 1.66. The van der Waals surface area contributed by atoms with E-state index in [0.717, 1.165) is 22.6 Å². The molecule has 0 bridgehead atoms. The Morgan fingerprint density at radius 1 is 0.938 bits per heavy atom. The van der Waals surface area contributed by atoms with Gasteiger partial charge in [-0.25, -0.2) is 4.98 Å². The number of ether oxygens (including phenoxy) is 2. The lowest BCUT2D eigenvalue weighted by atomic mass is 10.1. The number of hydrogen-bond acceptors (Lipinski definition) is 6. The molecule has 3 aromatic carbocycles. The van der Waals surface area contributed by atoms with E-state index in [4.69, 9.17) is 9.47 Å². The molecule has 0 aliphatic carbocycles. The molecule has 0 atom stereocenters. The van der Waals surface area contributed by atoms with E-state index in [-0.39, 0.29) is 11.4 Å². The monoisotopic (exact) mass is 427 g/mol. The van der Waals surface area contributed by atoms with Crippen LogP contribution in [0.15, 0.2) is 91.1 Å². The third-order valence-electron chi connectivity index (χ3n) is 4.82. The predicted molar refractivity (Wildman–Crippen MR) is 123 cm³/mol. The van der Waals surface area contributed by atoms with E-state index in [0.29, 0.717) is 18.0 Å². The van der Waals surface area contributed by atoms with Crippen molar-refractivity contribution in [2.75, 3.05) is 12.4 Å². The SMILES string of the molecule is COc1ccc(-c2ccnc(Nc3cccc(OCc4ccccc4)c3)c2)cc1[N+](=O)[O-]. The Hall–Kier alpha value is -4.39. The summed E-state index contributed by atoms with van der Waals surface area (Å²) >= 11 is 0. The lowest BCUT2D eigenvalue weighted by Gasteiger charge is -2.11. The molecule has 0 saturated heterocycles. The number of nitro benzene ring substituents is 1. The highest BCUT2D eigenvalue weighted by Gasteiger charge is 2.16. The molecule has 0 fully saturated rings. The molecular weight excluding hydrogens is 406 g/mol. The highest BCUT2D eigenvalue weighted by atomic mass is 16.6. The van der Waals surface area contributed by atoms with Crippen LogP contribution in [0.4, 0.5) is 17.2 Å². The van der Waals surface area contributed by atoms with Gasteiger partial charge in [0.25, 0.3) is 0 Å². The molecule has 0 unspecified atom stereocenters. The van der Waals surface area contributed by atoms with Gasteiger partial charge in [0.2, 0.25) is 0 Å². The topological polar surface area (TPSA) is 86.5 Å². The highest BCUT2D eigenvalue weighted by Crippen LogP contribution is 2.33. The third-order valence-corrected chi connectivity index (χ3v) is 4.82. The second-order valence-electron chi connectivity index (χ2n) is 7.00. The Bertz CT molecular complexity index is 1230. The number of anilines is 2. The van der Waals surface area contributed by atoms with Gasteiger partial charge in [0.15, 0.2) is 5.75 Å². The summed E-state index contributed by atoms with van der Waals surface area (Å²) in [5.41, 5.74) is 3.32. The first-order chi connectivity index (χ1) is 15.6. The standard InChI is InChI=1S/C25H21N3O4/c1-31-24-11-10-19(14-23(24)28(29)30)20-12-13-26-25(15-20)27-21-8-5-9-22(16-21)32-17-18-6-3-2-4-7-18/h2-16H,17H2,1H3,(H,26,27). The number of nitrogens with one attached hydrogen (secondary N) is 1. The van der Waals surface area contributed by atoms with Crippen LogP contribution in [0.25, 0.3) is 11.1 Å². The van der Waals surface area contributed by atoms with E-state index in [1.807, 2.05) is 60.7 Å².